The van der Waals surface area contributed by atoms with E-state index in [-0.39, 0.29) is 11.2 Å². The number of carbonyl (C=O) groups excluding carboxylic acids is 1. The van der Waals surface area contributed by atoms with Crippen molar-refractivity contribution in [2.75, 3.05) is 5.32 Å². The van der Waals surface area contributed by atoms with Crippen LogP contribution < -0.4 is 5.32 Å². The van der Waals surface area contributed by atoms with Crippen LogP contribution in [0.2, 0.25) is 5.28 Å². The SMILES string of the molecule is Cc1nc(Cl)nc2c1CCC(=O)N2. The van der Waals surface area contributed by atoms with E-state index < -0.39 is 0 Å². The zero-order valence-electron chi connectivity index (χ0n) is 7.09. The van der Waals surface area contributed by atoms with Crippen molar-refractivity contribution in [2.24, 2.45) is 0 Å². The molecule has 0 radical (unpaired) electrons. The first-order valence-corrected chi connectivity index (χ1v) is 4.37. The molecule has 0 aromatic carbocycles. The number of nitrogens with one attached hydrogen (secondary N) is 1. The van der Waals surface area contributed by atoms with E-state index in [2.05, 4.69) is 15.3 Å². The maximum atomic E-state index is 11.0. The van der Waals surface area contributed by atoms with Gasteiger partial charge in [0.05, 0.1) is 0 Å². The number of amides is 1. The minimum Gasteiger partial charge on any atom is -0.310 e. The van der Waals surface area contributed by atoms with Crippen LogP contribution >= 0.6 is 11.6 Å². The molecule has 2 rings (SSSR count). The van der Waals surface area contributed by atoms with Gasteiger partial charge in [0.1, 0.15) is 5.82 Å². The Bertz CT molecular complexity index is 378. The molecule has 0 bridgehead atoms. The molecule has 0 saturated carbocycles. The molecule has 4 nitrogen and oxygen atoms in total. The van der Waals surface area contributed by atoms with Gasteiger partial charge >= 0.3 is 0 Å². The summed E-state index contributed by atoms with van der Waals surface area (Å²) < 4.78 is 0. The predicted octanol–water partition coefficient (Wildman–Crippen LogP) is 1.32. The van der Waals surface area contributed by atoms with Gasteiger partial charge < -0.3 is 5.32 Å². The lowest BCUT2D eigenvalue weighted by Crippen LogP contribution is -2.21. The minimum atomic E-state index is -0.0123. The van der Waals surface area contributed by atoms with Gasteiger partial charge in [-0.2, -0.15) is 0 Å². The van der Waals surface area contributed by atoms with Gasteiger partial charge in [0.25, 0.3) is 0 Å². The summed E-state index contributed by atoms with van der Waals surface area (Å²) in [7, 11) is 0. The Morgan fingerprint density at radius 2 is 2.15 bits per heavy atom. The highest BCUT2D eigenvalue weighted by Gasteiger charge is 2.18. The van der Waals surface area contributed by atoms with Gasteiger partial charge in [-0.3, -0.25) is 4.79 Å². The van der Waals surface area contributed by atoms with E-state index in [1.54, 1.807) is 0 Å². The molecule has 2 heterocycles. The van der Waals surface area contributed by atoms with Crippen LogP contribution in [0.1, 0.15) is 17.7 Å². The average Bonchev–Trinajstić information content (AvgIpc) is 2.02. The third-order valence-corrected chi connectivity index (χ3v) is 2.22. The second kappa shape index (κ2) is 2.96. The Kier molecular flexibility index (Phi) is 1.92. The van der Waals surface area contributed by atoms with Crippen LogP contribution in [0.5, 0.6) is 0 Å². The molecule has 0 spiro atoms. The van der Waals surface area contributed by atoms with Crippen molar-refractivity contribution in [1.29, 1.82) is 0 Å². The van der Waals surface area contributed by atoms with E-state index in [0.717, 1.165) is 11.3 Å². The third-order valence-electron chi connectivity index (χ3n) is 2.05. The van der Waals surface area contributed by atoms with Crippen LogP contribution in [-0.4, -0.2) is 15.9 Å². The normalized spacial score (nSPS) is 15.1. The zero-order valence-corrected chi connectivity index (χ0v) is 7.85. The highest BCUT2D eigenvalue weighted by Crippen LogP contribution is 2.23. The summed E-state index contributed by atoms with van der Waals surface area (Å²) in [5.41, 5.74) is 1.83. The van der Waals surface area contributed by atoms with Gasteiger partial charge in [0.15, 0.2) is 0 Å². The number of nitrogens with zero attached hydrogens (tertiary/aromatic N) is 2. The molecule has 1 aromatic heterocycles. The Labute approximate surface area is 80.3 Å². The molecule has 1 aliphatic heterocycles. The van der Waals surface area contributed by atoms with E-state index in [1.165, 1.54) is 0 Å². The molecular formula is C8H8ClN3O. The highest BCUT2D eigenvalue weighted by atomic mass is 35.5. The molecule has 0 aliphatic carbocycles. The van der Waals surface area contributed by atoms with Crippen molar-refractivity contribution in [3.63, 3.8) is 0 Å². The van der Waals surface area contributed by atoms with Crippen LogP contribution in [0.25, 0.3) is 0 Å². The number of hydrogen-bond donors (Lipinski definition) is 1. The fourth-order valence-electron chi connectivity index (χ4n) is 1.40. The molecule has 0 fully saturated rings. The van der Waals surface area contributed by atoms with Crippen LogP contribution in [0.4, 0.5) is 5.82 Å². The number of anilines is 1. The van der Waals surface area contributed by atoms with Gasteiger partial charge in [0, 0.05) is 17.7 Å². The van der Waals surface area contributed by atoms with Gasteiger partial charge in [0.2, 0.25) is 11.2 Å². The number of aryl methyl sites for hydroxylation is 1. The summed E-state index contributed by atoms with van der Waals surface area (Å²) in [6.45, 7) is 1.86. The summed E-state index contributed by atoms with van der Waals surface area (Å²) in [5, 5.41) is 2.85. The van der Waals surface area contributed by atoms with Crippen LogP contribution in [0.3, 0.4) is 0 Å². The van der Waals surface area contributed by atoms with Crippen molar-refractivity contribution in [3.8, 4) is 0 Å². The Balaban J connectivity index is 2.53. The number of halogens is 1. The van der Waals surface area contributed by atoms with Crippen molar-refractivity contribution in [3.05, 3.63) is 16.5 Å². The second-order valence-corrected chi connectivity index (χ2v) is 3.29. The Hall–Kier alpha value is -1.16. The third kappa shape index (κ3) is 1.49. The molecular weight excluding hydrogens is 190 g/mol. The maximum Gasteiger partial charge on any atom is 0.225 e. The average molecular weight is 198 g/mol. The Morgan fingerprint density at radius 1 is 1.38 bits per heavy atom. The minimum absolute atomic E-state index is 0.0123. The molecule has 0 unspecified atom stereocenters. The van der Waals surface area contributed by atoms with Crippen molar-refractivity contribution >= 4 is 23.3 Å². The van der Waals surface area contributed by atoms with E-state index in [0.29, 0.717) is 18.7 Å². The zero-order chi connectivity index (χ0) is 9.42. The molecule has 1 amide bonds. The summed E-state index contributed by atoms with van der Waals surface area (Å²) in [6.07, 6.45) is 1.20. The fourth-order valence-corrected chi connectivity index (χ4v) is 1.61. The van der Waals surface area contributed by atoms with Gasteiger partial charge in [-0.05, 0) is 24.9 Å². The number of fused-ring (bicyclic) bond motifs is 1. The first-order chi connectivity index (χ1) is 6.16. The largest absolute Gasteiger partial charge is 0.310 e. The summed E-state index contributed by atoms with van der Waals surface area (Å²) >= 11 is 5.66. The van der Waals surface area contributed by atoms with Gasteiger partial charge in [-0.1, -0.05) is 0 Å². The number of hydrogen-bond acceptors (Lipinski definition) is 3. The lowest BCUT2D eigenvalue weighted by molar-refractivity contribution is -0.116. The highest BCUT2D eigenvalue weighted by molar-refractivity contribution is 6.28. The predicted molar refractivity (Wildman–Crippen MR) is 48.7 cm³/mol. The summed E-state index contributed by atoms with van der Waals surface area (Å²) in [6, 6.07) is 0. The maximum absolute atomic E-state index is 11.0. The molecule has 5 heteroatoms. The standard InChI is InChI=1S/C8H8ClN3O/c1-4-5-2-3-6(13)11-7(5)12-8(9)10-4/h2-3H2,1H3,(H,10,11,12,13). The summed E-state index contributed by atoms with van der Waals surface area (Å²) in [5.74, 6) is 0.551. The first kappa shape index (κ1) is 8.44. The van der Waals surface area contributed by atoms with Crippen LogP contribution in [0.15, 0.2) is 0 Å². The van der Waals surface area contributed by atoms with Crippen LogP contribution in [0, 0.1) is 6.92 Å². The quantitative estimate of drug-likeness (QED) is 0.639. The topological polar surface area (TPSA) is 54.9 Å². The van der Waals surface area contributed by atoms with E-state index in [1.807, 2.05) is 6.92 Å². The monoisotopic (exact) mass is 197 g/mol. The van der Waals surface area contributed by atoms with Gasteiger partial charge in [-0.15, -0.1) is 0 Å². The first-order valence-electron chi connectivity index (χ1n) is 3.99. The lowest BCUT2D eigenvalue weighted by Gasteiger charge is -2.16. The van der Waals surface area contributed by atoms with Gasteiger partial charge in [-0.25, -0.2) is 9.97 Å². The molecule has 0 atom stereocenters. The Morgan fingerprint density at radius 3 is 2.92 bits per heavy atom. The van der Waals surface area contributed by atoms with E-state index in [9.17, 15) is 4.79 Å². The molecule has 1 N–H and O–H groups in total. The second-order valence-electron chi connectivity index (χ2n) is 2.95. The lowest BCUT2D eigenvalue weighted by atomic mass is 10.1. The number of aromatic nitrogens is 2. The van der Waals surface area contributed by atoms with Crippen molar-refractivity contribution in [2.45, 2.75) is 19.8 Å². The molecule has 1 aliphatic rings. The number of rotatable bonds is 0. The number of carbonyl (C=O) groups is 1. The molecule has 1 aromatic rings. The van der Waals surface area contributed by atoms with E-state index >= 15 is 0 Å². The van der Waals surface area contributed by atoms with Crippen molar-refractivity contribution in [1.82, 2.24) is 9.97 Å². The fraction of sp³-hybridized carbons (Fsp3) is 0.375. The molecule has 0 saturated heterocycles. The van der Waals surface area contributed by atoms with E-state index in [4.69, 9.17) is 11.6 Å². The van der Waals surface area contributed by atoms with Crippen LogP contribution in [-0.2, 0) is 11.2 Å². The smallest absolute Gasteiger partial charge is 0.225 e. The summed E-state index contributed by atoms with van der Waals surface area (Å²) in [4.78, 5) is 19.0. The molecule has 13 heavy (non-hydrogen) atoms. The van der Waals surface area contributed by atoms with Crippen molar-refractivity contribution < 1.29 is 4.79 Å². The molecule has 68 valence electrons.